The molecule has 2 aromatic heterocycles. The molecule has 7 nitrogen and oxygen atoms in total. The molecule has 0 aromatic carbocycles. The molecule has 2 heterocycles. The average Bonchev–Trinajstić information content (AvgIpc) is 2.81. The zero-order valence-electron chi connectivity index (χ0n) is 10.1. The van der Waals surface area contributed by atoms with Gasteiger partial charge in [-0.15, -0.1) is 0 Å². The second kappa shape index (κ2) is 6.07. The third kappa shape index (κ3) is 3.27. The van der Waals surface area contributed by atoms with Crippen molar-refractivity contribution in [1.29, 1.82) is 0 Å². The van der Waals surface area contributed by atoms with Crippen molar-refractivity contribution < 1.29 is 9.90 Å². The van der Waals surface area contributed by atoms with E-state index in [0.717, 1.165) is 5.75 Å². The highest BCUT2D eigenvalue weighted by molar-refractivity contribution is 7.98. The summed E-state index contributed by atoms with van der Waals surface area (Å²) in [7, 11) is 0. The lowest BCUT2D eigenvalue weighted by Gasteiger charge is -2.14. The molecule has 0 bridgehead atoms. The summed E-state index contributed by atoms with van der Waals surface area (Å²) in [6.45, 7) is 0. The second-order valence-electron chi connectivity index (χ2n) is 3.76. The number of carbonyl (C=O) groups is 1. The first kappa shape index (κ1) is 13.9. The van der Waals surface area contributed by atoms with Crippen LogP contribution in [0.1, 0.15) is 6.42 Å². The van der Waals surface area contributed by atoms with Gasteiger partial charge >= 0.3 is 5.97 Å². The molecule has 0 radical (unpaired) electrons. The number of aromatic amines is 1. The third-order valence-electron chi connectivity index (χ3n) is 2.48. The van der Waals surface area contributed by atoms with Crippen LogP contribution in [0.25, 0.3) is 11.2 Å². The minimum atomic E-state index is -0.934. The number of nitrogens with one attached hydrogen (secondary N) is 2. The summed E-state index contributed by atoms with van der Waals surface area (Å²) in [6, 6.07) is -0.732. The Morgan fingerprint density at radius 2 is 2.42 bits per heavy atom. The highest BCUT2D eigenvalue weighted by atomic mass is 35.5. The highest BCUT2D eigenvalue weighted by Gasteiger charge is 2.19. The number of carboxylic acids is 1. The molecular weight excluding hydrogens is 290 g/mol. The average molecular weight is 302 g/mol. The van der Waals surface area contributed by atoms with Gasteiger partial charge in [-0.3, -0.25) is 0 Å². The molecule has 1 atom stereocenters. The van der Waals surface area contributed by atoms with Crippen LogP contribution in [-0.2, 0) is 4.79 Å². The van der Waals surface area contributed by atoms with Gasteiger partial charge in [-0.25, -0.2) is 9.78 Å². The standard InChI is InChI=1S/C10H12ClN5O2S/c1-19-3-2-5(9(17)18)14-8-6-7(13-4-12-6)15-10(11)16-8/h4-5H,2-3H2,1H3,(H,17,18)(H2,12,13,14,15,16)/t5-/m1/s1. The summed E-state index contributed by atoms with van der Waals surface area (Å²) in [4.78, 5) is 26.0. The molecular formula is C10H12ClN5O2S. The van der Waals surface area contributed by atoms with Gasteiger partial charge in [0.2, 0.25) is 5.28 Å². The Morgan fingerprint density at radius 1 is 1.63 bits per heavy atom. The van der Waals surface area contributed by atoms with Gasteiger partial charge in [0.05, 0.1) is 6.33 Å². The number of aromatic nitrogens is 4. The number of rotatable bonds is 6. The van der Waals surface area contributed by atoms with Gasteiger partial charge < -0.3 is 15.4 Å². The van der Waals surface area contributed by atoms with Crippen LogP contribution >= 0.6 is 23.4 Å². The van der Waals surface area contributed by atoms with Crippen LogP contribution in [0.15, 0.2) is 6.33 Å². The maximum Gasteiger partial charge on any atom is 0.326 e. The fourth-order valence-corrected chi connectivity index (χ4v) is 2.21. The largest absolute Gasteiger partial charge is 0.480 e. The number of hydrogen-bond donors (Lipinski definition) is 3. The zero-order chi connectivity index (χ0) is 13.8. The minimum Gasteiger partial charge on any atom is -0.480 e. The number of fused-ring (bicyclic) bond motifs is 1. The van der Waals surface area contributed by atoms with Gasteiger partial charge in [-0.2, -0.15) is 21.7 Å². The van der Waals surface area contributed by atoms with Crippen molar-refractivity contribution in [1.82, 2.24) is 19.9 Å². The van der Waals surface area contributed by atoms with Crippen molar-refractivity contribution in [3.8, 4) is 0 Å². The van der Waals surface area contributed by atoms with E-state index in [-0.39, 0.29) is 5.28 Å². The normalized spacial score (nSPS) is 12.5. The van der Waals surface area contributed by atoms with Gasteiger partial charge in [0.25, 0.3) is 0 Å². The Hall–Kier alpha value is -1.54. The monoisotopic (exact) mass is 301 g/mol. The summed E-state index contributed by atoms with van der Waals surface area (Å²) >= 11 is 7.36. The molecule has 19 heavy (non-hydrogen) atoms. The smallest absolute Gasteiger partial charge is 0.326 e. The van der Waals surface area contributed by atoms with E-state index in [9.17, 15) is 9.90 Å². The van der Waals surface area contributed by atoms with Crippen molar-refractivity contribution in [3.63, 3.8) is 0 Å². The lowest BCUT2D eigenvalue weighted by molar-refractivity contribution is -0.137. The first-order valence-corrected chi connectivity index (χ1v) is 7.24. The summed E-state index contributed by atoms with van der Waals surface area (Å²) in [6.07, 6.45) is 3.86. The molecule has 9 heteroatoms. The number of halogens is 1. The quantitative estimate of drug-likeness (QED) is 0.696. The summed E-state index contributed by atoms with van der Waals surface area (Å²) in [5.74, 6) is 0.145. The number of thioether (sulfide) groups is 1. The molecule has 2 rings (SSSR count). The van der Waals surface area contributed by atoms with E-state index in [1.807, 2.05) is 6.26 Å². The Morgan fingerprint density at radius 3 is 3.11 bits per heavy atom. The topological polar surface area (TPSA) is 104 Å². The van der Waals surface area contributed by atoms with Crippen LogP contribution in [0.3, 0.4) is 0 Å². The SMILES string of the molecule is CSCC[C@@H](Nc1nc(Cl)nc2nc[nH]c12)C(=O)O. The Labute approximate surface area is 118 Å². The van der Waals surface area contributed by atoms with E-state index < -0.39 is 12.0 Å². The van der Waals surface area contributed by atoms with Crippen LogP contribution < -0.4 is 5.32 Å². The van der Waals surface area contributed by atoms with E-state index in [4.69, 9.17) is 11.6 Å². The Balaban J connectivity index is 2.27. The molecule has 0 spiro atoms. The highest BCUT2D eigenvalue weighted by Crippen LogP contribution is 2.20. The summed E-state index contributed by atoms with van der Waals surface area (Å²) < 4.78 is 0. The second-order valence-corrected chi connectivity index (χ2v) is 5.08. The van der Waals surface area contributed by atoms with E-state index in [1.165, 1.54) is 6.33 Å². The number of anilines is 1. The van der Waals surface area contributed by atoms with Crippen LogP contribution in [0, 0.1) is 0 Å². The van der Waals surface area contributed by atoms with Gasteiger partial charge in [-0.1, -0.05) is 0 Å². The first-order valence-electron chi connectivity index (χ1n) is 5.46. The number of H-pyrrole nitrogens is 1. The van der Waals surface area contributed by atoms with Crippen molar-refractivity contribution >= 4 is 46.3 Å². The maximum absolute atomic E-state index is 11.2. The van der Waals surface area contributed by atoms with Crippen molar-refractivity contribution in [2.24, 2.45) is 0 Å². The molecule has 102 valence electrons. The first-order chi connectivity index (χ1) is 9.11. The molecule has 0 saturated heterocycles. The lowest BCUT2D eigenvalue weighted by Crippen LogP contribution is -2.30. The zero-order valence-corrected chi connectivity index (χ0v) is 11.6. The molecule has 0 amide bonds. The Kier molecular flexibility index (Phi) is 4.43. The Bertz CT molecular complexity index is 590. The molecule has 0 fully saturated rings. The number of aliphatic carboxylic acids is 1. The number of carboxylic acid groups (broad SMARTS) is 1. The number of hydrogen-bond acceptors (Lipinski definition) is 6. The molecule has 2 aromatic rings. The molecule has 0 aliphatic heterocycles. The van der Waals surface area contributed by atoms with Gasteiger partial charge in [0.15, 0.2) is 11.5 Å². The molecule has 0 unspecified atom stereocenters. The van der Waals surface area contributed by atoms with E-state index in [0.29, 0.717) is 23.4 Å². The molecule has 0 aliphatic rings. The van der Waals surface area contributed by atoms with Crippen LogP contribution in [0.4, 0.5) is 5.82 Å². The summed E-state index contributed by atoms with van der Waals surface area (Å²) in [5.41, 5.74) is 0.941. The van der Waals surface area contributed by atoms with Gasteiger partial charge in [0.1, 0.15) is 11.6 Å². The van der Waals surface area contributed by atoms with Crippen LogP contribution in [0.2, 0.25) is 5.28 Å². The van der Waals surface area contributed by atoms with Crippen LogP contribution in [-0.4, -0.2) is 49.1 Å². The van der Waals surface area contributed by atoms with Crippen molar-refractivity contribution in [3.05, 3.63) is 11.6 Å². The predicted molar refractivity (Wildman–Crippen MR) is 74.7 cm³/mol. The van der Waals surface area contributed by atoms with Gasteiger partial charge in [0, 0.05) is 0 Å². The van der Waals surface area contributed by atoms with E-state index >= 15 is 0 Å². The molecule has 0 aliphatic carbocycles. The van der Waals surface area contributed by atoms with E-state index in [1.54, 1.807) is 11.8 Å². The number of imidazole rings is 1. The van der Waals surface area contributed by atoms with Crippen LogP contribution in [0.5, 0.6) is 0 Å². The predicted octanol–water partition coefficient (Wildman–Crippen LogP) is 1.62. The fraction of sp³-hybridized carbons (Fsp3) is 0.400. The maximum atomic E-state index is 11.2. The van der Waals surface area contributed by atoms with Gasteiger partial charge in [-0.05, 0) is 30.0 Å². The molecule has 0 saturated carbocycles. The van der Waals surface area contributed by atoms with Crippen molar-refractivity contribution in [2.75, 3.05) is 17.3 Å². The molecule has 3 N–H and O–H groups in total. The minimum absolute atomic E-state index is 0.0242. The van der Waals surface area contributed by atoms with E-state index in [2.05, 4.69) is 25.3 Å². The summed E-state index contributed by atoms with van der Waals surface area (Å²) in [5, 5.41) is 12.1. The third-order valence-corrected chi connectivity index (χ3v) is 3.29. The lowest BCUT2D eigenvalue weighted by atomic mass is 10.2. The van der Waals surface area contributed by atoms with Crippen molar-refractivity contribution in [2.45, 2.75) is 12.5 Å². The number of nitrogens with zero attached hydrogens (tertiary/aromatic N) is 3. The fourth-order valence-electron chi connectivity index (χ4n) is 1.57.